The molecule has 0 saturated carbocycles. The summed E-state index contributed by atoms with van der Waals surface area (Å²) in [5.74, 6) is 1.05. The molecule has 134 valence electrons. The number of Topliss-reactive ketones (excluding diaryl/α,β-unsaturated/α-hetero) is 1. The highest BCUT2D eigenvalue weighted by molar-refractivity contribution is 9.10. The van der Waals surface area contributed by atoms with E-state index >= 15 is 0 Å². The van der Waals surface area contributed by atoms with E-state index in [-0.39, 0.29) is 11.6 Å². The van der Waals surface area contributed by atoms with E-state index < -0.39 is 0 Å². The number of thioether (sulfide) groups is 1. The molecule has 0 aliphatic heterocycles. The second-order valence-corrected chi connectivity index (χ2v) is 7.70. The maximum Gasteiger partial charge on any atom is 0.191 e. The van der Waals surface area contributed by atoms with Crippen molar-refractivity contribution in [3.8, 4) is 11.4 Å². The van der Waals surface area contributed by atoms with Crippen LogP contribution in [0, 0.1) is 5.82 Å². The summed E-state index contributed by atoms with van der Waals surface area (Å²) in [6.45, 7) is 0. The highest BCUT2D eigenvalue weighted by atomic mass is 79.9. The SMILES string of the molecule is Cn1c(SCCCC(=O)c2ccc(Br)cc2)nnc1-c1ccccc1F. The Kier molecular flexibility index (Phi) is 6.21. The first-order valence-electron chi connectivity index (χ1n) is 8.12. The largest absolute Gasteiger partial charge is 0.305 e. The fraction of sp³-hybridized carbons (Fsp3) is 0.211. The van der Waals surface area contributed by atoms with Gasteiger partial charge in [-0.25, -0.2) is 4.39 Å². The van der Waals surface area contributed by atoms with Gasteiger partial charge in [0, 0.05) is 29.3 Å². The first kappa shape index (κ1) is 18.8. The summed E-state index contributed by atoms with van der Waals surface area (Å²) in [6.07, 6.45) is 1.22. The van der Waals surface area contributed by atoms with E-state index in [1.54, 1.807) is 22.8 Å². The molecule has 2 aromatic carbocycles. The molecule has 3 aromatic rings. The van der Waals surface area contributed by atoms with Crippen LogP contribution in [-0.4, -0.2) is 26.3 Å². The minimum atomic E-state index is -0.320. The topological polar surface area (TPSA) is 47.8 Å². The van der Waals surface area contributed by atoms with Gasteiger partial charge in [-0.1, -0.05) is 52.0 Å². The van der Waals surface area contributed by atoms with Crippen molar-refractivity contribution >= 4 is 33.5 Å². The molecule has 0 atom stereocenters. The number of rotatable bonds is 7. The van der Waals surface area contributed by atoms with Crippen molar-refractivity contribution in [2.24, 2.45) is 7.05 Å². The third-order valence-corrected chi connectivity index (χ3v) is 5.53. The van der Waals surface area contributed by atoms with Crippen LogP contribution < -0.4 is 0 Å². The van der Waals surface area contributed by atoms with E-state index in [1.165, 1.54) is 17.8 Å². The van der Waals surface area contributed by atoms with Gasteiger partial charge in [0.2, 0.25) is 0 Å². The number of aromatic nitrogens is 3. The highest BCUT2D eigenvalue weighted by Crippen LogP contribution is 2.25. The van der Waals surface area contributed by atoms with Crippen molar-refractivity contribution in [1.29, 1.82) is 0 Å². The predicted molar refractivity (Wildman–Crippen MR) is 105 cm³/mol. The Balaban J connectivity index is 1.55. The van der Waals surface area contributed by atoms with Gasteiger partial charge >= 0.3 is 0 Å². The maximum atomic E-state index is 13.9. The minimum absolute atomic E-state index is 0.128. The Morgan fingerprint density at radius 1 is 1.15 bits per heavy atom. The van der Waals surface area contributed by atoms with Crippen LogP contribution in [0.4, 0.5) is 4.39 Å². The fourth-order valence-electron chi connectivity index (χ4n) is 2.49. The van der Waals surface area contributed by atoms with E-state index in [0.717, 1.165) is 22.2 Å². The first-order chi connectivity index (χ1) is 12.6. The van der Waals surface area contributed by atoms with Gasteiger partial charge in [-0.15, -0.1) is 10.2 Å². The van der Waals surface area contributed by atoms with Crippen LogP contribution in [0.5, 0.6) is 0 Å². The van der Waals surface area contributed by atoms with Crippen LogP contribution >= 0.6 is 27.7 Å². The number of nitrogens with zero attached hydrogens (tertiary/aromatic N) is 3. The number of hydrogen-bond acceptors (Lipinski definition) is 4. The molecule has 0 saturated heterocycles. The van der Waals surface area contributed by atoms with Gasteiger partial charge in [0.15, 0.2) is 16.8 Å². The van der Waals surface area contributed by atoms with Crippen LogP contribution in [0.2, 0.25) is 0 Å². The van der Waals surface area contributed by atoms with Gasteiger partial charge in [0.05, 0.1) is 5.56 Å². The summed E-state index contributed by atoms with van der Waals surface area (Å²) in [6, 6.07) is 13.9. The van der Waals surface area contributed by atoms with Crippen molar-refractivity contribution in [2.45, 2.75) is 18.0 Å². The summed E-state index contributed by atoms with van der Waals surface area (Å²) in [7, 11) is 1.82. The highest BCUT2D eigenvalue weighted by Gasteiger charge is 2.14. The molecule has 0 bridgehead atoms. The summed E-state index contributed by atoms with van der Waals surface area (Å²) in [4.78, 5) is 12.2. The molecule has 1 aromatic heterocycles. The van der Waals surface area contributed by atoms with Crippen LogP contribution in [-0.2, 0) is 7.05 Å². The van der Waals surface area contributed by atoms with Gasteiger partial charge in [0.25, 0.3) is 0 Å². The maximum absolute atomic E-state index is 13.9. The molecule has 0 spiro atoms. The van der Waals surface area contributed by atoms with Crippen LogP contribution in [0.1, 0.15) is 23.2 Å². The van der Waals surface area contributed by atoms with Gasteiger partial charge < -0.3 is 4.57 Å². The van der Waals surface area contributed by atoms with Crippen molar-refractivity contribution in [1.82, 2.24) is 14.8 Å². The van der Waals surface area contributed by atoms with Crippen LogP contribution in [0.15, 0.2) is 58.2 Å². The van der Waals surface area contributed by atoms with Gasteiger partial charge in [0.1, 0.15) is 5.82 Å². The second-order valence-electron chi connectivity index (χ2n) is 5.73. The molecule has 1 heterocycles. The normalized spacial score (nSPS) is 10.9. The summed E-state index contributed by atoms with van der Waals surface area (Å²) < 4.78 is 16.7. The molecule has 0 radical (unpaired) electrons. The van der Waals surface area contributed by atoms with Gasteiger partial charge in [-0.05, 0) is 30.7 Å². The van der Waals surface area contributed by atoms with E-state index in [1.807, 2.05) is 31.3 Å². The lowest BCUT2D eigenvalue weighted by Crippen LogP contribution is -2.00. The Morgan fingerprint density at radius 2 is 1.88 bits per heavy atom. The van der Waals surface area contributed by atoms with Crippen molar-refractivity contribution in [3.05, 3.63) is 64.4 Å². The zero-order valence-corrected chi connectivity index (χ0v) is 16.6. The zero-order valence-electron chi connectivity index (χ0n) is 14.2. The number of hydrogen-bond donors (Lipinski definition) is 0. The van der Waals surface area contributed by atoms with E-state index in [2.05, 4.69) is 26.1 Å². The molecule has 4 nitrogen and oxygen atoms in total. The van der Waals surface area contributed by atoms with E-state index in [4.69, 9.17) is 0 Å². The summed E-state index contributed by atoms with van der Waals surface area (Å²) in [5, 5.41) is 8.94. The Bertz CT molecular complexity index is 911. The number of benzene rings is 2. The molecule has 0 aliphatic carbocycles. The Morgan fingerprint density at radius 3 is 2.62 bits per heavy atom. The van der Waals surface area contributed by atoms with Crippen molar-refractivity contribution in [2.75, 3.05) is 5.75 Å². The zero-order chi connectivity index (χ0) is 18.5. The van der Waals surface area contributed by atoms with E-state index in [9.17, 15) is 9.18 Å². The standard InChI is InChI=1S/C19H17BrFN3OS/c1-24-18(15-5-2-3-6-16(15)21)22-23-19(24)26-12-4-7-17(25)13-8-10-14(20)11-9-13/h2-3,5-6,8-11H,4,7,12H2,1H3. The average Bonchev–Trinajstić information content (AvgIpc) is 3.00. The van der Waals surface area contributed by atoms with E-state index in [0.29, 0.717) is 23.0 Å². The molecule has 26 heavy (non-hydrogen) atoms. The Hall–Kier alpha value is -1.99. The second kappa shape index (κ2) is 8.60. The Labute approximate surface area is 164 Å². The van der Waals surface area contributed by atoms with Gasteiger partial charge in [-0.2, -0.15) is 0 Å². The lowest BCUT2D eigenvalue weighted by atomic mass is 10.1. The smallest absolute Gasteiger partial charge is 0.191 e. The predicted octanol–water partition coefficient (Wildman–Crippen LogP) is 5.14. The monoisotopic (exact) mass is 433 g/mol. The fourth-order valence-corrected chi connectivity index (χ4v) is 3.61. The molecular formula is C19H17BrFN3OS. The third kappa shape index (κ3) is 4.40. The first-order valence-corrected chi connectivity index (χ1v) is 9.90. The number of carbonyl (C=O) groups is 1. The third-order valence-electron chi connectivity index (χ3n) is 3.90. The van der Waals surface area contributed by atoms with Crippen LogP contribution in [0.25, 0.3) is 11.4 Å². The van der Waals surface area contributed by atoms with Crippen molar-refractivity contribution < 1.29 is 9.18 Å². The average molecular weight is 434 g/mol. The van der Waals surface area contributed by atoms with Crippen LogP contribution in [0.3, 0.4) is 0 Å². The number of ketones is 1. The molecular weight excluding hydrogens is 417 g/mol. The lowest BCUT2D eigenvalue weighted by molar-refractivity contribution is 0.0982. The molecule has 7 heteroatoms. The molecule has 0 aliphatic rings. The summed E-state index contributed by atoms with van der Waals surface area (Å²) >= 11 is 4.88. The molecule has 0 amide bonds. The minimum Gasteiger partial charge on any atom is -0.305 e. The molecule has 0 unspecified atom stereocenters. The lowest BCUT2D eigenvalue weighted by Gasteiger charge is -2.05. The molecule has 0 N–H and O–H groups in total. The summed E-state index contributed by atoms with van der Waals surface area (Å²) in [5.41, 5.74) is 1.15. The quantitative estimate of drug-likeness (QED) is 0.294. The van der Waals surface area contributed by atoms with Crippen molar-refractivity contribution in [3.63, 3.8) is 0 Å². The number of halogens is 2. The number of carbonyl (C=O) groups excluding carboxylic acids is 1. The van der Waals surface area contributed by atoms with Gasteiger partial charge in [-0.3, -0.25) is 4.79 Å². The molecule has 0 fully saturated rings. The molecule has 3 rings (SSSR count).